The fourth-order valence-corrected chi connectivity index (χ4v) is 4.08. The van der Waals surface area contributed by atoms with Gasteiger partial charge in [0.15, 0.2) is 0 Å². The molecule has 0 spiro atoms. The van der Waals surface area contributed by atoms with Gasteiger partial charge < -0.3 is 24.6 Å². The summed E-state index contributed by atoms with van der Waals surface area (Å²) in [5.74, 6) is -5.36. The normalized spacial score (nSPS) is 23.7. The Hall–Kier alpha value is -2.98. The first kappa shape index (κ1) is 31.2. The Labute approximate surface area is 213 Å². The first-order valence-corrected chi connectivity index (χ1v) is 11.5. The molecule has 4 heterocycles. The molecule has 1 aromatic rings. The average Bonchev–Trinajstić information content (AvgIpc) is 3.26. The largest absolute Gasteiger partial charge is 0.490 e. The number of fused-ring (bicyclic) bond motifs is 1. The molecule has 2 N–H and O–H groups in total. The van der Waals surface area contributed by atoms with Crippen molar-refractivity contribution in [3.8, 4) is 0 Å². The molecule has 0 saturated carbocycles. The maximum atomic E-state index is 12.6. The number of carboxylic acid groups (broad SMARTS) is 2. The summed E-state index contributed by atoms with van der Waals surface area (Å²) >= 11 is 0. The summed E-state index contributed by atoms with van der Waals surface area (Å²) in [5.41, 5.74) is 1.10. The van der Waals surface area contributed by atoms with Gasteiger partial charge in [0.2, 0.25) is 0 Å². The van der Waals surface area contributed by atoms with Crippen LogP contribution in [0.25, 0.3) is 0 Å². The lowest BCUT2D eigenvalue weighted by Crippen LogP contribution is -2.51. The van der Waals surface area contributed by atoms with E-state index in [1.807, 2.05) is 23.2 Å². The van der Waals surface area contributed by atoms with Crippen molar-refractivity contribution in [3.05, 3.63) is 30.1 Å². The van der Waals surface area contributed by atoms with Crippen LogP contribution in [-0.2, 0) is 30.4 Å². The molecule has 0 unspecified atom stereocenters. The Morgan fingerprint density at radius 2 is 1.50 bits per heavy atom. The number of hydrogen-bond donors (Lipinski definition) is 2. The lowest BCUT2D eigenvalue weighted by Gasteiger charge is -2.38. The number of aromatic nitrogens is 1. The number of carbonyl (C=O) groups is 3. The van der Waals surface area contributed by atoms with E-state index in [0.717, 1.165) is 38.0 Å². The van der Waals surface area contributed by atoms with E-state index in [9.17, 15) is 31.1 Å². The van der Waals surface area contributed by atoms with Crippen molar-refractivity contribution in [2.75, 3.05) is 32.8 Å². The summed E-state index contributed by atoms with van der Waals surface area (Å²) in [6.07, 6.45) is -5.56. The molecule has 10 nitrogen and oxygen atoms in total. The van der Waals surface area contributed by atoms with E-state index in [4.69, 9.17) is 29.3 Å². The number of nitrogens with zero attached hydrogens (tertiary/aromatic N) is 3. The van der Waals surface area contributed by atoms with E-state index in [0.29, 0.717) is 32.3 Å². The molecule has 0 bridgehead atoms. The van der Waals surface area contributed by atoms with Crippen LogP contribution in [0.15, 0.2) is 24.4 Å². The molecule has 38 heavy (non-hydrogen) atoms. The summed E-state index contributed by atoms with van der Waals surface area (Å²) in [7, 11) is 0. The second-order valence-corrected chi connectivity index (χ2v) is 8.43. The highest BCUT2D eigenvalue weighted by Gasteiger charge is 2.43. The number of amides is 1. The van der Waals surface area contributed by atoms with Gasteiger partial charge in [0.25, 0.3) is 5.91 Å². The summed E-state index contributed by atoms with van der Waals surface area (Å²) in [6, 6.07) is 6.47. The molecule has 3 aliphatic rings. The third kappa shape index (κ3) is 9.72. The van der Waals surface area contributed by atoms with Gasteiger partial charge in [-0.1, -0.05) is 6.07 Å². The minimum absolute atomic E-state index is 0.153. The molecule has 0 aromatic carbocycles. The highest BCUT2D eigenvalue weighted by atomic mass is 19.4. The third-order valence-corrected chi connectivity index (χ3v) is 5.84. The molecule has 3 atom stereocenters. The Morgan fingerprint density at radius 1 is 0.921 bits per heavy atom. The summed E-state index contributed by atoms with van der Waals surface area (Å²) in [6.45, 7) is 4.56. The van der Waals surface area contributed by atoms with Crippen LogP contribution in [0.3, 0.4) is 0 Å². The molecule has 214 valence electrons. The zero-order chi connectivity index (χ0) is 28.5. The minimum Gasteiger partial charge on any atom is -0.475 e. The van der Waals surface area contributed by atoms with Crippen LogP contribution in [0.4, 0.5) is 26.3 Å². The van der Waals surface area contributed by atoms with Gasteiger partial charge in [-0.15, -0.1) is 0 Å². The topological polar surface area (TPSA) is 129 Å². The number of morpholine rings is 1. The molecule has 3 saturated heterocycles. The molecule has 1 amide bonds. The molecule has 3 fully saturated rings. The quantitative estimate of drug-likeness (QED) is 0.536. The van der Waals surface area contributed by atoms with Gasteiger partial charge in [-0.2, -0.15) is 26.3 Å². The van der Waals surface area contributed by atoms with Gasteiger partial charge in [-0.3, -0.25) is 14.7 Å². The molecule has 16 heteroatoms. The molecule has 0 radical (unpaired) electrons. The number of rotatable bonds is 3. The van der Waals surface area contributed by atoms with Crippen molar-refractivity contribution in [2.45, 2.75) is 56.4 Å². The lowest BCUT2D eigenvalue weighted by atomic mass is 9.98. The number of carboxylic acids is 2. The highest BCUT2D eigenvalue weighted by molar-refractivity contribution is 5.81. The third-order valence-electron chi connectivity index (χ3n) is 5.84. The monoisotopic (exact) mass is 559 g/mol. The van der Waals surface area contributed by atoms with Crippen LogP contribution >= 0.6 is 0 Å². The van der Waals surface area contributed by atoms with Gasteiger partial charge in [0.05, 0.1) is 25.0 Å². The maximum Gasteiger partial charge on any atom is 0.490 e. The first-order valence-electron chi connectivity index (χ1n) is 11.5. The van der Waals surface area contributed by atoms with Crippen molar-refractivity contribution < 1.29 is 60.4 Å². The lowest BCUT2D eigenvalue weighted by molar-refractivity contribution is -0.193. The Bertz CT molecular complexity index is 902. The Balaban J connectivity index is 0.000000301. The average molecular weight is 559 g/mol. The number of aliphatic carboxylic acids is 2. The highest BCUT2D eigenvalue weighted by Crippen LogP contribution is 2.33. The van der Waals surface area contributed by atoms with Gasteiger partial charge in [0.1, 0.15) is 6.10 Å². The van der Waals surface area contributed by atoms with E-state index in [1.165, 1.54) is 0 Å². The molecule has 0 aliphatic carbocycles. The summed E-state index contributed by atoms with van der Waals surface area (Å²) in [5, 5.41) is 14.2. The first-order chi connectivity index (χ1) is 17.7. The predicted molar refractivity (Wildman–Crippen MR) is 116 cm³/mol. The Kier molecular flexibility index (Phi) is 11.3. The van der Waals surface area contributed by atoms with Crippen LogP contribution in [0.1, 0.15) is 25.0 Å². The zero-order valence-electron chi connectivity index (χ0n) is 20.0. The zero-order valence-corrected chi connectivity index (χ0v) is 20.0. The van der Waals surface area contributed by atoms with Crippen LogP contribution < -0.4 is 0 Å². The van der Waals surface area contributed by atoms with Crippen molar-refractivity contribution in [1.82, 2.24) is 14.8 Å². The van der Waals surface area contributed by atoms with E-state index < -0.39 is 24.3 Å². The Morgan fingerprint density at radius 3 is 2.00 bits per heavy atom. The minimum atomic E-state index is -5.08. The van der Waals surface area contributed by atoms with Gasteiger partial charge in [-0.05, 0) is 31.4 Å². The standard InChI is InChI=1S/C18H25N3O3.2C2HF3O2/c22-18(20-9-11-23-12-10-20)17-5-4-15-16(24-17)6-8-21(15)13-14-3-1-2-7-19-14;2*3-2(4,5)1(6)7/h1-3,7,15-17H,4-6,8-13H2;2*(H,6,7)/t15-,16-,17-;;/m1../s1. The number of hydrogen-bond acceptors (Lipinski definition) is 7. The van der Waals surface area contributed by atoms with Crippen molar-refractivity contribution in [1.29, 1.82) is 0 Å². The van der Waals surface area contributed by atoms with Crippen LogP contribution in [0, 0.1) is 0 Å². The molecular formula is C22H27F6N3O7. The van der Waals surface area contributed by atoms with E-state index in [-0.39, 0.29) is 18.1 Å². The van der Waals surface area contributed by atoms with Crippen molar-refractivity contribution in [2.24, 2.45) is 0 Å². The van der Waals surface area contributed by atoms with Gasteiger partial charge >= 0.3 is 24.3 Å². The van der Waals surface area contributed by atoms with Crippen LogP contribution in [0.2, 0.25) is 0 Å². The molecule has 3 aliphatic heterocycles. The SMILES string of the molecule is O=C(O)C(F)(F)F.O=C(O)C(F)(F)F.O=C([C@H]1CC[C@@H]2[C@@H](CCN2Cc2ccccn2)O1)N1CCOCC1. The van der Waals surface area contributed by atoms with Crippen molar-refractivity contribution >= 4 is 17.8 Å². The molecule has 1 aromatic heterocycles. The maximum absolute atomic E-state index is 12.6. The fraction of sp³-hybridized carbons (Fsp3) is 0.636. The van der Waals surface area contributed by atoms with E-state index in [2.05, 4.69) is 16.0 Å². The number of halogens is 6. The fourth-order valence-electron chi connectivity index (χ4n) is 4.08. The van der Waals surface area contributed by atoms with E-state index in [1.54, 1.807) is 0 Å². The van der Waals surface area contributed by atoms with Gasteiger partial charge in [-0.25, -0.2) is 9.59 Å². The predicted octanol–water partition coefficient (Wildman–Crippen LogP) is 2.33. The number of pyridine rings is 1. The second kappa shape index (κ2) is 13.7. The summed E-state index contributed by atoms with van der Waals surface area (Å²) in [4.78, 5) is 39.2. The summed E-state index contributed by atoms with van der Waals surface area (Å²) < 4.78 is 75.0. The molecule has 4 rings (SSSR count). The smallest absolute Gasteiger partial charge is 0.475 e. The van der Waals surface area contributed by atoms with Crippen molar-refractivity contribution in [3.63, 3.8) is 0 Å². The van der Waals surface area contributed by atoms with Crippen LogP contribution in [-0.4, -0.2) is 106 Å². The van der Waals surface area contributed by atoms with Crippen LogP contribution in [0.5, 0.6) is 0 Å². The number of carbonyl (C=O) groups excluding carboxylic acids is 1. The van der Waals surface area contributed by atoms with Gasteiger partial charge in [0, 0.05) is 38.4 Å². The number of likely N-dealkylation sites (tertiary alicyclic amines) is 1. The second-order valence-electron chi connectivity index (χ2n) is 8.43. The molecular weight excluding hydrogens is 532 g/mol. The van der Waals surface area contributed by atoms with E-state index >= 15 is 0 Å². The number of ether oxygens (including phenoxy) is 2. The number of alkyl halides is 6.